The maximum atomic E-state index is 12.6. The standard InChI is InChI=1S/C18H16F2N4O2/c1-11-7-12(13-9-23-24(10-13)18(19)20)3-4-16(11)26-14-5-6-22-15(8-14)17(25)21-2/h3-10,18H,1-2H3,(H,21,25). The van der Waals surface area contributed by atoms with E-state index in [1.807, 2.05) is 13.0 Å². The van der Waals surface area contributed by atoms with Crippen LogP contribution in [0.15, 0.2) is 48.9 Å². The average Bonchev–Trinajstić information content (AvgIpc) is 3.13. The highest BCUT2D eigenvalue weighted by Crippen LogP contribution is 2.30. The van der Waals surface area contributed by atoms with E-state index in [2.05, 4.69) is 15.4 Å². The second-order valence-electron chi connectivity index (χ2n) is 5.52. The van der Waals surface area contributed by atoms with Crippen molar-refractivity contribution in [1.82, 2.24) is 20.1 Å². The topological polar surface area (TPSA) is 69.0 Å². The second kappa shape index (κ2) is 7.30. The molecule has 3 aromatic rings. The van der Waals surface area contributed by atoms with Crippen LogP contribution in [-0.4, -0.2) is 27.7 Å². The number of halogens is 2. The number of hydrogen-bond acceptors (Lipinski definition) is 4. The molecule has 0 unspecified atom stereocenters. The van der Waals surface area contributed by atoms with Gasteiger partial charge in [0.15, 0.2) is 0 Å². The number of hydrogen-bond donors (Lipinski definition) is 1. The van der Waals surface area contributed by atoms with Crippen LogP contribution in [0.3, 0.4) is 0 Å². The van der Waals surface area contributed by atoms with E-state index < -0.39 is 6.55 Å². The summed E-state index contributed by atoms with van der Waals surface area (Å²) >= 11 is 0. The van der Waals surface area contributed by atoms with Crippen LogP contribution in [0.5, 0.6) is 11.5 Å². The summed E-state index contributed by atoms with van der Waals surface area (Å²) in [7, 11) is 1.52. The van der Waals surface area contributed by atoms with E-state index in [1.165, 1.54) is 25.6 Å². The van der Waals surface area contributed by atoms with Gasteiger partial charge in [0, 0.05) is 31.1 Å². The van der Waals surface area contributed by atoms with Crippen LogP contribution in [0.4, 0.5) is 8.78 Å². The number of carbonyl (C=O) groups is 1. The molecule has 1 N–H and O–H groups in total. The zero-order valence-corrected chi connectivity index (χ0v) is 14.1. The number of carbonyl (C=O) groups excluding carboxylic acids is 1. The van der Waals surface area contributed by atoms with E-state index in [-0.39, 0.29) is 11.6 Å². The number of nitrogens with one attached hydrogen (secondary N) is 1. The highest BCUT2D eigenvalue weighted by Gasteiger charge is 2.11. The van der Waals surface area contributed by atoms with Crippen LogP contribution in [0.1, 0.15) is 22.6 Å². The summed E-state index contributed by atoms with van der Waals surface area (Å²) < 4.78 is 31.7. The lowest BCUT2D eigenvalue weighted by Crippen LogP contribution is -2.18. The molecular weight excluding hydrogens is 342 g/mol. The molecule has 0 spiro atoms. The molecule has 2 aromatic heterocycles. The molecule has 0 saturated heterocycles. The summed E-state index contributed by atoms with van der Waals surface area (Å²) in [6, 6.07) is 8.51. The summed E-state index contributed by atoms with van der Waals surface area (Å²) in [5, 5.41) is 6.14. The Hall–Kier alpha value is -3.29. The van der Waals surface area contributed by atoms with Crippen LogP contribution in [0, 0.1) is 6.92 Å². The van der Waals surface area contributed by atoms with Gasteiger partial charge >= 0.3 is 6.55 Å². The molecule has 0 aliphatic carbocycles. The first kappa shape index (κ1) is 17.5. The molecule has 8 heteroatoms. The Bertz CT molecular complexity index is 940. The van der Waals surface area contributed by atoms with Crippen molar-refractivity contribution in [3.05, 3.63) is 60.2 Å². The van der Waals surface area contributed by atoms with Crippen molar-refractivity contribution in [2.45, 2.75) is 13.5 Å². The van der Waals surface area contributed by atoms with Crippen molar-refractivity contribution in [2.24, 2.45) is 0 Å². The van der Waals surface area contributed by atoms with Crippen LogP contribution >= 0.6 is 0 Å². The molecule has 134 valence electrons. The number of pyridine rings is 1. The Morgan fingerprint density at radius 3 is 2.69 bits per heavy atom. The van der Waals surface area contributed by atoms with E-state index in [0.29, 0.717) is 21.7 Å². The maximum Gasteiger partial charge on any atom is 0.333 e. The van der Waals surface area contributed by atoms with Crippen molar-refractivity contribution in [1.29, 1.82) is 0 Å². The molecule has 0 radical (unpaired) electrons. The fourth-order valence-corrected chi connectivity index (χ4v) is 2.39. The fourth-order valence-electron chi connectivity index (χ4n) is 2.39. The molecule has 0 atom stereocenters. The highest BCUT2D eigenvalue weighted by atomic mass is 19.3. The predicted molar refractivity (Wildman–Crippen MR) is 91.4 cm³/mol. The van der Waals surface area contributed by atoms with Gasteiger partial charge in [0.2, 0.25) is 0 Å². The molecule has 0 aliphatic rings. The molecule has 0 saturated carbocycles. The van der Waals surface area contributed by atoms with Gasteiger partial charge in [-0.15, -0.1) is 0 Å². The monoisotopic (exact) mass is 358 g/mol. The summed E-state index contributed by atoms with van der Waals surface area (Å²) in [4.78, 5) is 15.6. The van der Waals surface area contributed by atoms with Gasteiger partial charge in [-0.25, -0.2) is 4.68 Å². The van der Waals surface area contributed by atoms with Gasteiger partial charge in [-0.2, -0.15) is 13.9 Å². The summed E-state index contributed by atoms with van der Waals surface area (Å²) in [6.45, 7) is -0.828. The SMILES string of the molecule is CNC(=O)c1cc(Oc2ccc(-c3cnn(C(F)F)c3)cc2C)ccn1. The van der Waals surface area contributed by atoms with E-state index >= 15 is 0 Å². The van der Waals surface area contributed by atoms with Crippen molar-refractivity contribution in [2.75, 3.05) is 7.05 Å². The number of aryl methyl sites for hydroxylation is 1. The Balaban J connectivity index is 1.83. The zero-order chi connectivity index (χ0) is 18.7. The second-order valence-corrected chi connectivity index (χ2v) is 5.52. The lowest BCUT2D eigenvalue weighted by molar-refractivity contribution is 0.0566. The van der Waals surface area contributed by atoms with Gasteiger partial charge in [-0.05, 0) is 36.2 Å². The molecular formula is C18H16F2N4O2. The van der Waals surface area contributed by atoms with Crippen molar-refractivity contribution in [3.8, 4) is 22.6 Å². The maximum absolute atomic E-state index is 12.6. The van der Waals surface area contributed by atoms with Crippen molar-refractivity contribution in [3.63, 3.8) is 0 Å². The first-order valence-corrected chi connectivity index (χ1v) is 7.77. The number of alkyl halides is 2. The van der Waals surface area contributed by atoms with Crippen LogP contribution in [0.25, 0.3) is 11.1 Å². The van der Waals surface area contributed by atoms with Crippen molar-refractivity contribution < 1.29 is 18.3 Å². The number of nitrogens with zero attached hydrogens (tertiary/aromatic N) is 3. The Labute approximate surface area is 148 Å². The third-order valence-corrected chi connectivity index (χ3v) is 3.73. The van der Waals surface area contributed by atoms with Crippen LogP contribution in [-0.2, 0) is 0 Å². The number of aromatic nitrogens is 3. The minimum atomic E-state index is -2.67. The van der Waals surface area contributed by atoms with Gasteiger partial charge in [0.1, 0.15) is 17.2 Å². The fraction of sp³-hybridized carbons (Fsp3) is 0.167. The van der Waals surface area contributed by atoms with Gasteiger partial charge in [-0.3, -0.25) is 9.78 Å². The summed E-state index contributed by atoms with van der Waals surface area (Å²) in [5.41, 5.74) is 2.40. The molecule has 1 aromatic carbocycles. The van der Waals surface area contributed by atoms with E-state index in [1.54, 1.807) is 24.3 Å². The largest absolute Gasteiger partial charge is 0.457 e. The molecule has 1 amide bonds. The lowest BCUT2D eigenvalue weighted by atomic mass is 10.1. The third kappa shape index (κ3) is 3.69. The van der Waals surface area contributed by atoms with E-state index in [9.17, 15) is 13.6 Å². The van der Waals surface area contributed by atoms with Gasteiger partial charge in [-0.1, -0.05) is 6.07 Å². The smallest absolute Gasteiger partial charge is 0.333 e. The minimum absolute atomic E-state index is 0.249. The van der Waals surface area contributed by atoms with Gasteiger partial charge in [0.25, 0.3) is 5.91 Å². The minimum Gasteiger partial charge on any atom is -0.457 e. The molecule has 26 heavy (non-hydrogen) atoms. The number of amides is 1. The summed E-state index contributed by atoms with van der Waals surface area (Å²) in [6.07, 6.45) is 4.17. The summed E-state index contributed by atoms with van der Waals surface area (Å²) in [5.74, 6) is 0.752. The zero-order valence-electron chi connectivity index (χ0n) is 14.1. The molecule has 2 heterocycles. The Morgan fingerprint density at radius 2 is 2.04 bits per heavy atom. The number of benzene rings is 1. The Kier molecular flexibility index (Phi) is 4.92. The first-order valence-electron chi connectivity index (χ1n) is 7.77. The van der Waals surface area contributed by atoms with E-state index in [4.69, 9.17) is 4.74 Å². The lowest BCUT2D eigenvalue weighted by Gasteiger charge is -2.10. The Morgan fingerprint density at radius 1 is 1.23 bits per heavy atom. The predicted octanol–water partition coefficient (Wildman–Crippen LogP) is 3.80. The number of rotatable bonds is 5. The normalized spacial score (nSPS) is 10.8. The molecule has 6 nitrogen and oxygen atoms in total. The average molecular weight is 358 g/mol. The van der Waals surface area contributed by atoms with Crippen molar-refractivity contribution >= 4 is 5.91 Å². The first-order chi connectivity index (χ1) is 12.5. The molecule has 0 bridgehead atoms. The molecule has 0 aliphatic heterocycles. The highest BCUT2D eigenvalue weighted by molar-refractivity contribution is 5.92. The van der Waals surface area contributed by atoms with Gasteiger partial charge < -0.3 is 10.1 Å². The quantitative estimate of drug-likeness (QED) is 0.753. The third-order valence-electron chi connectivity index (χ3n) is 3.73. The van der Waals surface area contributed by atoms with Crippen LogP contribution in [0.2, 0.25) is 0 Å². The number of ether oxygens (including phenoxy) is 1. The van der Waals surface area contributed by atoms with Gasteiger partial charge in [0.05, 0.1) is 6.20 Å². The molecule has 3 rings (SSSR count). The molecule has 0 fully saturated rings. The van der Waals surface area contributed by atoms with Crippen LogP contribution < -0.4 is 10.1 Å². The van der Waals surface area contributed by atoms with E-state index in [0.717, 1.165) is 11.1 Å².